The summed E-state index contributed by atoms with van der Waals surface area (Å²) >= 11 is 1.52. The average molecular weight is 1770 g/mol. The molecule has 9 amide bonds. The van der Waals surface area contributed by atoms with Crippen LogP contribution in [0, 0.1) is 36.0 Å². The maximum Gasteiger partial charge on any atom is 0.421 e. The molecule has 4 bridgehead atoms. The minimum Gasteiger partial charge on any atom is -0.481 e. The highest BCUT2D eigenvalue weighted by molar-refractivity contribution is 7.88. The first-order valence-electron chi connectivity index (χ1n) is 41.2. The van der Waals surface area contributed by atoms with Gasteiger partial charge in [0.2, 0.25) is 17.7 Å². The van der Waals surface area contributed by atoms with E-state index in [9.17, 15) is 71.7 Å². The zero-order valence-corrected chi connectivity index (χ0v) is 72.2. The van der Waals surface area contributed by atoms with Gasteiger partial charge in [-0.25, -0.2) is 38.6 Å². The molecule has 0 saturated heterocycles. The number of aliphatic hydroxyl groups is 1. The van der Waals surface area contributed by atoms with Crippen LogP contribution in [-0.4, -0.2) is 242 Å². The first-order valence-corrected chi connectivity index (χ1v) is 43.5. The molecule has 13 rings (SSSR count). The third kappa shape index (κ3) is 22.9. The number of nitrogens with zero attached hydrogens (tertiary/aromatic N) is 12. The number of aromatic carboxylic acids is 1. The van der Waals surface area contributed by atoms with Crippen molar-refractivity contribution in [1.82, 2.24) is 80.1 Å². The maximum atomic E-state index is 14.5. The van der Waals surface area contributed by atoms with E-state index in [1.807, 2.05) is 53.8 Å². The third-order valence-electron chi connectivity index (χ3n) is 23.3. The molecule has 2 aromatic carbocycles. The molecule has 2 aliphatic heterocycles. The highest BCUT2D eigenvalue weighted by atomic mass is 32.2. The van der Waals surface area contributed by atoms with Gasteiger partial charge >= 0.3 is 40.4 Å². The van der Waals surface area contributed by atoms with Crippen molar-refractivity contribution in [3.8, 4) is 11.1 Å². The van der Waals surface area contributed by atoms with E-state index in [2.05, 4.69) is 65.7 Å². The van der Waals surface area contributed by atoms with E-state index in [0.717, 1.165) is 87.3 Å². The van der Waals surface area contributed by atoms with Crippen molar-refractivity contribution in [2.24, 2.45) is 27.9 Å². The number of primary amides is 1. The SMILES string of the molecule is COCCNS(=O)(=O)NC(=O)OC[C@H](CC(=O)O)n1cc(COCc2cc(NC(=O)[C@H](CCCNC(N)=O)NC(=O)[C@@H](NC(=O)CCOCCN3C(=O)C=CC3=O)C(C)C)ccc2COC(=O)N(CCCO)CCOC23CC4(C)CC(C)(C2)C(Cn2ncc(-c5ccc(N6CCCc7c6nnc(Nc6nc8ccccc8s6)c7C)nc5C(=O)O)c2C)(C4)C3)nn1. The van der Waals surface area contributed by atoms with Crippen molar-refractivity contribution < 1.29 is 100 Å². The van der Waals surface area contributed by atoms with Gasteiger partial charge in [0, 0.05) is 105 Å². The Kier molecular flexibility index (Phi) is 29.9. The number of methoxy groups -OCH3 is 1. The number of pyridine rings is 1. The van der Waals surface area contributed by atoms with Gasteiger partial charge < -0.3 is 85.9 Å². The Labute approximate surface area is 724 Å². The summed E-state index contributed by atoms with van der Waals surface area (Å²) in [7, 11) is -3.03. The first kappa shape index (κ1) is 92.4. The normalized spacial score (nSPS) is 19.4. The number of carbonyl (C=O) groups excluding carboxylic acids is 8. The Balaban J connectivity index is 0.716. The Morgan fingerprint density at radius 1 is 0.808 bits per heavy atom. The zero-order chi connectivity index (χ0) is 89.5. The molecule has 43 heteroatoms. The number of benzene rings is 2. The number of carboxylic acids is 2. The van der Waals surface area contributed by atoms with Gasteiger partial charge in [-0.2, -0.15) is 18.2 Å². The van der Waals surface area contributed by atoms with E-state index in [1.54, 1.807) is 43.0 Å². The molecule has 7 atom stereocenters. The van der Waals surface area contributed by atoms with Gasteiger partial charge in [-0.1, -0.05) is 62.4 Å². The van der Waals surface area contributed by atoms with E-state index in [-0.39, 0.29) is 145 Å². The number of imide groups is 1. The van der Waals surface area contributed by atoms with Gasteiger partial charge in [0.15, 0.2) is 22.5 Å². The molecule has 12 N–H and O–H groups in total. The molecule has 4 saturated carbocycles. The summed E-state index contributed by atoms with van der Waals surface area (Å²) in [6, 6.07) is 11.7. The topological polar surface area (TPSA) is 541 Å². The molecule has 0 spiro atoms. The molecule has 7 heterocycles. The van der Waals surface area contributed by atoms with Crippen LogP contribution in [0.5, 0.6) is 0 Å². The molecule has 125 heavy (non-hydrogen) atoms. The van der Waals surface area contributed by atoms with E-state index in [0.29, 0.717) is 64.3 Å². The summed E-state index contributed by atoms with van der Waals surface area (Å²) in [5, 5.41) is 68.0. The molecular formula is C82H106N20O21S2. The minimum absolute atomic E-state index is 0.000953. The number of para-hydroxylation sites is 1. The lowest BCUT2D eigenvalue weighted by atomic mass is 9.65. The van der Waals surface area contributed by atoms with Crippen LogP contribution in [-0.2, 0) is 100 Å². The van der Waals surface area contributed by atoms with Crippen LogP contribution in [0.4, 0.5) is 42.7 Å². The molecule has 5 aromatic heterocycles. The van der Waals surface area contributed by atoms with Crippen LogP contribution in [0.2, 0.25) is 0 Å². The Morgan fingerprint density at radius 2 is 1.60 bits per heavy atom. The van der Waals surface area contributed by atoms with Crippen LogP contribution >= 0.6 is 11.3 Å². The second-order valence-electron chi connectivity index (χ2n) is 33.0. The summed E-state index contributed by atoms with van der Waals surface area (Å²) in [5.41, 5.74) is 9.72. The third-order valence-corrected chi connectivity index (χ3v) is 25.3. The Hall–Kier alpha value is -11.7. The van der Waals surface area contributed by atoms with E-state index < -0.39 is 113 Å². The summed E-state index contributed by atoms with van der Waals surface area (Å²) < 4.78 is 67.3. The second kappa shape index (κ2) is 40.5. The van der Waals surface area contributed by atoms with Gasteiger partial charge in [-0.05, 0) is 148 Å². The van der Waals surface area contributed by atoms with Crippen LogP contribution in [0.15, 0.2) is 79.1 Å². The average Bonchev–Trinajstić information content (AvgIpc) is 1.50. The Morgan fingerprint density at radius 3 is 2.34 bits per heavy atom. The predicted molar refractivity (Wildman–Crippen MR) is 451 cm³/mol. The Bertz CT molecular complexity index is 5270. The standard InChI is InChI=1S/C82H106N20O21S2/c1-49(2)68(91-64(104)23-31-119-33-29-100-65(105)21-22-66(100)106)73(110)88-61(15-10-24-84-75(83)113)72(109)87-54-18-17-52(53(35-54)39-120-41-55-38-101(97-93-55)56(36-67(107)108)42-121-77(114)96-125(116,117)86-25-32-118-7)40-122-78(115)98(26-12-30-103)28-34-123-82-45-79(5)43-80(6,46-82)81(44-79,47-82)48-102-51(4)59(37-85-102)58-19-20-63(90-69(58)74(111)112)99-27-11-13-57-50(3)70(94-95-71(57)99)92-76-89-60-14-8-9-16-62(60)124-76/h8-9,14,16-22,35,37-38,49,56,61,68,86,103H,10-13,15,23-34,36,39-48H2,1-7H3,(H,87,109)(H,88,110)(H,91,104)(H,96,114)(H,107,108)(H,111,112)(H3,83,84,113)(H,89,92,94)/t56-,61-,68-,79?,80?,81?,82?/m0/s1. The van der Waals surface area contributed by atoms with Crippen molar-refractivity contribution in [2.45, 2.75) is 169 Å². The number of hydrogen-bond donors (Lipinski definition) is 11. The maximum absolute atomic E-state index is 14.5. The van der Waals surface area contributed by atoms with Crippen molar-refractivity contribution in [3.05, 3.63) is 118 Å². The number of hydrogen-bond acceptors (Lipinski definition) is 29. The van der Waals surface area contributed by atoms with Gasteiger partial charge in [0.05, 0.1) is 86.9 Å². The number of rotatable bonds is 46. The van der Waals surface area contributed by atoms with Crippen molar-refractivity contribution >= 4 is 120 Å². The smallest absolute Gasteiger partial charge is 0.421 e. The van der Waals surface area contributed by atoms with Crippen LogP contribution in [0.25, 0.3) is 21.3 Å². The number of nitrogens with two attached hydrogens (primary N) is 1. The lowest BCUT2D eigenvalue weighted by Crippen LogP contribution is -2.54. The summed E-state index contributed by atoms with van der Waals surface area (Å²) in [6.45, 7) is 11.1. The minimum atomic E-state index is -4.37. The van der Waals surface area contributed by atoms with Crippen molar-refractivity contribution in [1.29, 1.82) is 0 Å². The number of anilines is 5. The number of ether oxygens (including phenoxy) is 6. The number of thiazole rings is 1. The molecule has 7 aromatic rings. The highest BCUT2D eigenvalue weighted by Gasteiger charge is 2.74. The summed E-state index contributed by atoms with van der Waals surface area (Å²) in [5.74, 6) is -4.38. The fourth-order valence-corrected chi connectivity index (χ4v) is 19.4. The van der Waals surface area contributed by atoms with Gasteiger partial charge in [0.1, 0.15) is 36.8 Å². The number of carbonyl (C=O) groups is 10. The first-order chi connectivity index (χ1) is 59.7. The number of aromatic nitrogens is 9. The van der Waals surface area contributed by atoms with Crippen LogP contribution < -0.4 is 46.7 Å². The monoisotopic (exact) mass is 1770 g/mol. The number of amides is 9. The summed E-state index contributed by atoms with van der Waals surface area (Å²) in [6.07, 6.45) is 8.19. The number of aliphatic hydroxyl groups excluding tert-OH is 1. The van der Waals surface area contributed by atoms with Crippen molar-refractivity contribution in [3.63, 3.8) is 0 Å². The number of fused-ring (bicyclic) bond motifs is 2. The molecule has 4 aliphatic carbocycles. The predicted octanol–water partition coefficient (Wildman–Crippen LogP) is 6.13. The van der Waals surface area contributed by atoms with Crippen molar-refractivity contribution in [2.75, 3.05) is 102 Å². The van der Waals surface area contributed by atoms with E-state index in [4.69, 9.17) is 49.2 Å². The van der Waals surface area contributed by atoms with Gasteiger partial charge in [-0.3, -0.25) is 38.3 Å². The van der Waals surface area contributed by atoms with Gasteiger partial charge in [0.25, 0.3) is 11.8 Å². The molecule has 6 aliphatic rings. The van der Waals surface area contributed by atoms with Gasteiger partial charge in [-0.15, -0.1) is 15.3 Å². The fraction of sp³-hybridized carbons (Fsp3) is 0.524. The van der Waals surface area contributed by atoms with E-state index >= 15 is 0 Å². The van der Waals surface area contributed by atoms with E-state index in [1.165, 1.54) is 35.6 Å². The number of urea groups is 1. The molecular weight excluding hydrogens is 1670 g/mol. The lowest BCUT2D eigenvalue weighted by Gasteiger charge is -2.46. The number of carboxylic acid groups (broad SMARTS) is 2. The summed E-state index contributed by atoms with van der Waals surface area (Å²) in [4.78, 5) is 144. The number of nitrogens with one attached hydrogen (secondary N) is 7. The molecule has 672 valence electrons. The number of aliphatic carboxylic acids is 1. The zero-order valence-electron chi connectivity index (χ0n) is 70.6. The lowest BCUT2D eigenvalue weighted by molar-refractivity contribution is -0.139. The molecule has 4 fully saturated rings. The quantitative estimate of drug-likeness (QED) is 0.0151. The van der Waals surface area contributed by atoms with Crippen LogP contribution in [0.3, 0.4) is 0 Å². The van der Waals surface area contributed by atoms with Crippen LogP contribution in [0.1, 0.15) is 148 Å². The molecule has 0 radical (unpaired) electrons. The highest BCUT2D eigenvalue weighted by Crippen LogP contribution is 2.78. The molecule has 4 unspecified atom stereocenters. The molecule has 41 nitrogen and oxygen atoms in total. The fourth-order valence-electron chi connectivity index (χ4n) is 17.9. The largest absolute Gasteiger partial charge is 0.481 e. The second-order valence-corrected chi connectivity index (χ2v) is 35.5.